The Kier molecular flexibility index (Phi) is 4.12. The summed E-state index contributed by atoms with van der Waals surface area (Å²) in [6.07, 6.45) is 1.06. The molecule has 0 saturated heterocycles. The molecule has 20 heavy (non-hydrogen) atoms. The first-order valence-corrected chi connectivity index (χ1v) is 6.96. The quantitative estimate of drug-likeness (QED) is 0.844. The number of esters is 1. The van der Waals surface area contributed by atoms with Crippen LogP contribution in [-0.4, -0.2) is 24.0 Å². The molecule has 1 aromatic carbocycles. The van der Waals surface area contributed by atoms with Crippen molar-refractivity contribution < 1.29 is 14.3 Å². The van der Waals surface area contributed by atoms with Crippen molar-refractivity contribution in [3.05, 3.63) is 35.4 Å². The van der Waals surface area contributed by atoms with Gasteiger partial charge < -0.3 is 10.1 Å². The number of ether oxygens (including phenoxy) is 1. The SMILES string of the molecule is CC(C)(C)OC(=O)CC1CCNC(=O)c2ccccc21. The number of rotatable bonds is 2. The molecule has 1 unspecified atom stereocenters. The van der Waals surface area contributed by atoms with Crippen molar-refractivity contribution in [2.75, 3.05) is 6.54 Å². The van der Waals surface area contributed by atoms with Crippen molar-refractivity contribution in [1.82, 2.24) is 5.32 Å². The number of carbonyl (C=O) groups is 2. The second-order valence-electron chi connectivity index (χ2n) is 6.12. The van der Waals surface area contributed by atoms with Gasteiger partial charge in [0.2, 0.25) is 0 Å². The Morgan fingerprint density at radius 1 is 1.35 bits per heavy atom. The number of fused-ring (bicyclic) bond motifs is 1. The standard InChI is InChI=1S/C16H21NO3/c1-16(2,3)20-14(18)10-11-8-9-17-15(19)13-7-5-4-6-12(11)13/h4-7,11H,8-10H2,1-3H3,(H,17,19). The molecule has 1 aliphatic rings. The third-order valence-corrected chi connectivity index (χ3v) is 3.26. The lowest BCUT2D eigenvalue weighted by Crippen LogP contribution is -2.25. The van der Waals surface area contributed by atoms with Gasteiger partial charge in [-0.2, -0.15) is 0 Å². The number of hydrogen-bond acceptors (Lipinski definition) is 3. The van der Waals surface area contributed by atoms with E-state index in [1.54, 1.807) is 6.07 Å². The Balaban J connectivity index is 2.18. The molecule has 1 heterocycles. The number of amides is 1. The highest BCUT2D eigenvalue weighted by Gasteiger charge is 2.26. The molecule has 4 heteroatoms. The predicted molar refractivity (Wildman–Crippen MR) is 76.6 cm³/mol. The van der Waals surface area contributed by atoms with Crippen LogP contribution in [-0.2, 0) is 9.53 Å². The van der Waals surface area contributed by atoms with Crippen LogP contribution < -0.4 is 5.32 Å². The zero-order chi connectivity index (χ0) is 14.8. The van der Waals surface area contributed by atoms with Crippen molar-refractivity contribution in [3.8, 4) is 0 Å². The minimum atomic E-state index is -0.477. The fraction of sp³-hybridized carbons (Fsp3) is 0.500. The van der Waals surface area contributed by atoms with Gasteiger partial charge in [0.15, 0.2) is 0 Å². The predicted octanol–water partition coefficient (Wildman–Crippen LogP) is 2.64. The number of hydrogen-bond donors (Lipinski definition) is 1. The zero-order valence-electron chi connectivity index (χ0n) is 12.2. The molecule has 1 aliphatic heterocycles. The van der Waals surface area contributed by atoms with Gasteiger partial charge in [0.25, 0.3) is 5.91 Å². The van der Waals surface area contributed by atoms with Gasteiger partial charge in [0.05, 0.1) is 6.42 Å². The summed E-state index contributed by atoms with van der Waals surface area (Å²) in [5.41, 5.74) is 1.13. The molecule has 1 N–H and O–H groups in total. The monoisotopic (exact) mass is 275 g/mol. The lowest BCUT2D eigenvalue weighted by molar-refractivity contribution is -0.155. The third-order valence-electron chi connectivity index (χ3n) is 3.26. The topological polar surface area (TPSA) is 55.4 Å². The van der Waals surface area contributed by atoms with Crippen LogP contribution in [0.3, 0.4) is 0 Å². The first kappa shape index (κ1) is 14.6. The molecule has 1 aromatic rings. The van der Waals surface area contributed by atoms with E-state index in [1.807, 2.05) is 39.0 Å². The Hall–Kier alpha value is -1.84. The van der Waals surface area contributed by atoms with E-state index in [0.717, 1.165) is 12.0 Å². The van der Waals surface area contributed by atoms with E-state index < -0.39 is 5.60 Å². The maximum Gasteiger partial charge on any atom is 0.306 e. The molecule has 2 rings (SSSR count). The Morgan fingerprint density at radius 3 is 2.75 bits per heavy atom. The lowest BCUT2D eigenvalue weighted by atomic mass is 9.90. The highest BCUT2D eigenvalue weighted by molar-refractivity contribution is 5.96. The molecule has 0 aliphatic carbocycles. The number of carbonyl (C=O) groups excluding carboxylic acids is 2. The Labute approximate surface area is 119 Å². The molecular formula is C16H21NO3. The summed E-state index contributed by atoms with van der Waals surface area (Å²) in [5, 5.41) is 2.86. The molecule has 4 nitrogen and oxygen atoms in total. The van der Waals surface area contributed by atoms with E-state index in [1.165, 1.54) is 0 Å². The average Bonchev–Trinajstić information content (AvgIpc) is 2.49. The normalized spacial score (nSPS) is 18.8. The van der Waals surface area contributed by atoms with E-state index in [0.29, 0.717) is 18.5 Å². The van der Waals surface area contributed by atoms with Gasteiger partial charge in [0.1, 0.15) is 5.60 Å². The van der Waals surface area contributed by atoms with Gasteiger partial charge >= 0.3 is 5.97 Å². The maximum atomic E-state index is 12.0. The maximum absolute atomic E-state index is 12.0. The molecule has 0 bridgehead atoms. The Morgan fingerprint density at radius 2 is 2.05 bits per heavy atom. The Bertz CT molecular complexity index is 517. The summed E-state index contributed by atoms with van der Waals surface area (Å²) >= 11 is 0. The van der Waals surface area contributed by atoms with Gasteiger partial charge in [-0.1, -0.05) is 18.2 Å². The van der Waals surface area contributed by atoms with Gasteiger partial charge in [-0.05, 0) is 44.7 Å². The fourth-order valence-electron chi connectivity index (χ4n) is 2.47. The molecule has 108 valence electrons. The van der Waals surface area contributed by atoms with Crippen LogP contribution >= 0.6 is 0 Å². The van der Waals surface area contributed by atoms with Gasteiger partial charge in [-0.15, -0.1) is 0 Å². The smallest absolute Gasteiger partial charge is 0.306 e. The first-order chi connectivity index (χ1) is 9.37. The highest BCUT2D eigenvalue weighted by Crippen LogP contribution is 2.29. The van der Waals surface area contributed by atoms with Gasteiger partial charge in [0, 0.05) is 12.1 Å². The fourth-order valence-corrected chi connectivity index (χ4v) is 2.47. The van der Waals surface area contributed by atoms with E-state index in [2.05, 4.69) is 5.32 Å². The molecule has 0 radical (unpaired) electrons. The van der Waals surface area contributed by atoms with Crippen LogP contribution in [0, 0.1) is 0 Å². The molecule has 1 amide bonds. The summed E-state index contributed by atoms with van der Waals surface area (Å²) in [5.74, 6) is -0.251. The summed E-state index contributed by atoms with van der Waals surface area (Å²) in [6, 6.07) is 7.47. The van der Waals surface area contributed by atoms with Crippen LogP contribution in [0.15, 0.2) is 24.3 Å². The first-order valence-electron chi connectivity index (χ1n) is 6.96. The summed E-state index contributed by atoms with van der Waals surface area (Å²) in [4.78, 5) is 23.9. The van der Waals surface area contributed by atoms with Crippen LogP contribution in [0.25, 0.3) is 0 Å². The van der Waals surface area contributed by atoms with E-state index in [9.17, 15) is 9.59 Å². The number of nitrogens with one attached hydrogen (secondary N) is 1. The van der Waals surface area contributed by atoms with E-state index >= 15 is 0 Å². The third kappa shape index (κ3) is 3.59. The largest absolute Gasteiger partial charge is 0.460 e. The molecule has 0 fully saturated rings. The average molecular weight is 275 g/mol. The second kappa shape index (κ2) is 5.65. The van der Waals surface area contributed by atoms with Crippen LogP contribution in [0.4, 0.5) is 0 Å². The summed E-state index contributed by atoms with van der Waals surface area (Å²) in [6.45, 7) is 6.16. The number of benzene rings is 1. The molecular weight excluding hydrogens is 254 g/mol. The minimum absolute atomic E-state index is 0.0278. The van der Waals surface area contributed by atoms with Crippen molar-refractivity contribution in [2.45, 2.75) is 45.1 Å². The van der Waals surface area contributed by atoms with Gasteiger partial charge in [-0.25, -0.2) is 0 Å². The van der Waals surface area contributed by atoms with Crippen LogP contribution in [0.2, 0.25) is 0 Å². The lowest BCUT2D eigenvalue weighted by Gasteiger charge is -2.22. The van der Waals surface area contributed by atoms with Crippen LogP contribution in [0.1, 0.15) is 55.5 Å². The second-order valence-corrected chi connectivity index (χ2v) is 6.12. The van der Waals surface area contributed by atoms with Crippen molar-refractivity contribution in [3.63, 3.8) is 0 Å². The summed E-state index contributed by atoms with van der Waals surface area (Å²) in [7, 11) is 0. The molecule has 0 saturated carbocycles. The van der Waals surface area contributed by atoms with Crippen molar-refractivity contribution >= 4 is 11.9 Å². The highest BCUT2D eigenvalue weighted by atomic mass is 16.6. The molecule has 0 aromatic heterocycles. The van der Waals surface area contributed by atoms with Crippen molar-refractivity contribution in [1.29, 1.82) is 0 Å². The van der Waals surface area contributed by atoms with Crippen LogP contribution in [0.5, 0.6) is 0 Å². The summed E-state index contributed by atoms with van der Waals surface area (Å²) < 4.78 is 5.38. The van der Waals surface area contributed by atoms with Crippen molar-refractivity contribution in [2.24, 2.45) is 0 Å². The van der Waals surface area contributed by atoms with E-state index in [-0.39, 0.29) is 17.8 Å². The zero-order valence-corrected chi connectivity index (χ0v) is 12.2. The van der Waals surface area contributed by atoms with E-state index in [4.69, 9.17) is 4.74 Å². The van der Waals surface area contributed by atoms with Gasteiger partial charge in [-0.3, -0.25) is 9.59 Å². The minimum Gasteiger partial charge on any atom is -0.460 e. The molecule has 1 atom stereocenters. The molecule has 0 spiro atoms.